The van der Waals surface area contributed by atoms with Gasteiger partial charge in [0.25, 0.3) is 0 Å². The number of hydrogen-bond donors (Lipinski definition) is 2. The fourth-order valence-corrected chi connectivity index (χ4v) is 1.42. The third-order valence-electron chi connectivity index (χ3n) is 2.38. The molecule has 7 heteroatoms. The average molecular weight is 257 g/mol. The van der Waals surface area contributed by atoms with E-state index < -0.39 is 16.4 Å². The summed E-state index contributed by atoms with van der Waals surface area (Å²) in [6, 6.07) is 2.11. The molecule has 0 spiro atoms. The Kier molecular flexibility index (Phi) is 4.85. The van der Waals surface area contributed by atoms with E-state index in [1.54, 1.807) is 0 Å². The molecule has 1 atom stereocenters. The normalized spacial score (nSPS) is 12.0. The van der Waals surface area contributed by atoms with E-state index in [0.29, 0.717) is 13.0 Å². The van der Waals surface area contributed by atoms with Gasteiger partial charge in [0.2, 0.25) is 0 Å². The molecule has 1 aromatic carbocycles. The fourth-order valence-electron chi connectivity index (χ4n) is 1.42. The van der Waals surface area contributed by atoms with Crippen molar-refractivity contribution >= 4 is 11.4 Å². The highest BCUT2D eigenvalue weighted by Crippen LogP contribution is 2.32. The van der Waals surface area contributed by atoms with Crippen molar-refractivity contribution in [1.82, 2.24) is 0 Å². The molecule has 0 fully saturated rings. The minimum absolute atomic E-state index is 0.000468. The predicted molar refractivity (Wildman–Crippen MR) is 66.4 cm³/mol. The summed E-state index contributed by atoms with van der Waals surface area (Å²) in [4.78, 5) is 9.98. The Hall–Kier alpha value is -1.89. The van der Waals surface area contributed by atoms with E-state index in [0.717, 1.165) is 6.07 Å². The maximum Gasteiger partial charge on any atom is 0.313 e. The molecule has 0 radical (unpaired) electrons. The first-order chi connectivity index (χ1) is 8.45. The quantitative estimate of drug-likeness (QED) is 0.600. The zero-order valence-corrected chi connectivity index (χ0v) is 10.3. The van der Waals surface area contributed by atoms with Gasteiger partial charge in [-0.05, 0) is 13.3 Å². The summed E-state index contributed by atoms with van der Waals surface area (Å²) >= 11 is 0. The van der Waals surface area contributed by atoms with Crippen LogP contribution in [0.5, 0.6) is 5.75 Å². The molecule has 18 heavy (non-hydrogen) atoms. The van der Waals surface area contributed by atoms with Crippen LogP contribution >= 0.6 is 0 Å². The van der Waals surface area contributed by atoms with E-state index in [1.165, 1.54) is 13.2 Å². The minimum atomic E-state index is -0.688. The number of hydrogen-bond acceptors (Lipinski definition) is 5. The minimum Gasteiger partial charge on any atom is -0.490 e. The first-order valence-corrected chi connectivity index (χ1v) is 5.47. The molecule has 1 unspecified atom stereocenters. The van der Waals surface area contributed by atoms with Crippen LogP contribution in [0.2, 0.25) is 0 Å². The Bertz CT molecular complexity index is 438. The van der Waals surface area contributed by atoms with Crippen molar-refractivity contribution in [3.8, 4) is 5.75 Å². The molecule has 0 aliphatic heterocycles. The van der Waals surface area contributed by atoms with Gasteiger partial charge in [-0.25, -0.2) is 4.39 Å². The standard InChI is InChI=1S/C11H16FN3O3/c1-7(13)3-4-14-9-6-11(18-2)10(15(16)17)5-8(9)12/h5-7,14H,3-4,13H2,1-2H3. The first-order valence-electron chi connectivity index (χ1n) is 5.47. The van der Waals surface area contributed by atoms with Crippen LogP contribution in [0.3, 0.4) is 0 Å². The maximum absolute atomic E-state index is 13.6. The van der Waals surface area contributed by atoms with E-state index in [9.17, 15) is 14.5 Å². The molecule has 0 aliphatic carbocycles. The Morgan fingerprint density at radius 1 is 1.61 bits per heavy atom. The van der Waals surface area contributed by atoms with E-state index in [2.05, 4.69) is 5.32 Å². The SMILES string of the molecule is COc1cc(NCCC(C)N)c(F)cc1[N+](=O)[O-]. The number of methoxy groups -OCH3 is 1. The number of halogens is 1. The summed E-state index contributed by atoms with van der Waals surface area (Å²) < 4.78 is 18.5. The molecule has 0 heterocycles. The smallest absolute Gasteiger partial charge is 0.313 e. The van der Waals surface area contributed by atoms with Crippen LogP contribution in [-0.4, -0.2) is 24.6 Å². The number of anilines is 1. The molecule has 0 amide bonds. The number of nitrogens with one attached hydrogen (secondary N) is 1. The molecule has 1 rings (SSSR count). The predicted octanol–water partition coefficient (Wildman–Crippen LogP) is 1.89. The molecule has 0 aliphatic rings. The molecule has 0 aromatic heterocycles. The zero-order valence-electron chi connectivity index (χ0n) is 10.3. The summed E-state index contributed by atoms with van der Waals surface area (Å²) in [6.07, 6.45) is 0.665. The molecule has 1 aromatic rings. The molecule has 0 saturated heterocycles. The number of nitrogens with two attached hydrogens (primary N) is 1. The van der Waals surface area contributed by atoms with Crippen LogP contribution < -0.4 is 15.8 Å². The van der Waals surface area contributed by atoms with E-state index in [4.69, 9.17) is 10.5 Å². The number of rotatable bonds is 6. The van der Waals surface area contributed by atoms with Crippen LogP contribution in [0.1, 0.15) is 13.3 Å². The Morgan fingerprint density at radius 3 is 2.78 bits per heavy atom. The van der Waals surface area contributed by atoms with Crippen molar-refractivity contribution in [2.75, 3.05) is 19.0 Å². The van der Waals surface area contributed by atoms with Crippen molar-refractivity contribution in [3.63, 3.8) is 0 Å². The van der Waals surface area contributed by atoms with Gasteiger partial charge in [0.05, 0.1) is 23.8 Å². The molecule has 3 N–H and O–H groups in total. The van der Waals surface area contributed by atoms with Crippen molar-refractivity contribution in [1.29, 1.82) is 0 Å². The van der Waals surface area contributed by atoms with E-state index >= 15 is 0 Å². The van der Waals surface area contributed by atoms with E-state index in [1.807, 2.05) is 6.92 Å². The van der Waals surface area contributed by atoms with Gasteiger partial charge in [0, 0.05) is 18.7 Å². The van der Waals surface area contributed by atoms with Crippen LogP contribution in [0.15, 0.2) is 12.1 Å². The van der Waals surface area contributed by atoms with Crippen LogP contribution in [0, 0.1) is 15.9 Å². The van der Waals surface area contributed by atoms with Gasteiger partial charge in [0.1, 0.15) is 0 Å². The molecule has 100 valence electrons. The van der Waals surface area contributed by atoms with Crippen LogP contribution in [0.4, 0.5) is 15.8 Å². The highest BCUT2D eigenvalue weighted by Gasteiger charge is 2.18. The third-order valence-corrected chi connectivity index (χ3v) is 2.38. The van der Waals surface area contributed by atoms with E-state index in [-0.39, 0.29) is 17.5 Å². The van der Waals surface area contributed by atoms with Crippen LogP contribution in [0.25, 0.3) is 0 Å². The second-order valence-electron chi connectivity index (χ2n) is 3.95. The van der Waals surface area contributed by atoms with Gasteiger partial charge in [-0.15, -0.1) is 0 Å². The van der Waals surface area contributed by atoms with Gasteiger partial charge in [-0.2, -0.15) is 0 Å². The summed E-state index contributed by atoms with van der Waals surface area (Å²) in [6.45, 7) is 2.32. The van der Waals surface area contributed by atoms with Crippen molar-refractivity contribution in [2.24, 2.45) is 5.73 Å². The second-order valence-corrected chi connectivity index (χ2v) is 3.95. The lowest BCUT2D eigenvalue weighted by molar-refractivity contribution is -0.385. The summed E-state index contributed by atoms with van der Waals surface area (Å²) in [5, 5.41) is 13.5. The number of nitro benzene ring substituents is 1. The Morgan fingerprint density at radius 2 is 2.28 bits per heavy atom. The highest BCUT2D eigenvalue weighted by atomic mass is 19.1. The Balaban J connectivity index is 2.90. The van der Waals surface area contributed by atoms with Crippen molar-refractivity contribution in [3.05, 3.63) is 28.1 Å². The van der Waals surface area contributed by atoms with Crippen molar-refractivity contribution < 1.29 is 14.1 Å². The highest BCUT2D eigenvalue weighted by molar-refractivity contribution is 5.59. The zero-order chi connectivity index (χ0) is 13.7. The number of nitrogens with zero attached hydrogens (tertiary/aromatic N) is 1. The first kappa shape index (κ1) is 14.2. The third kappa shape index (κ3) is 3.56. The lowest BCUT2D eigenvalue weighted by Crippen LogP contribution is -2.19. The lowest BCUT2D eigenvalue weighted by atomic mass is 10.2. The topological polar surface area (TPSA) is 90.4 Å². The number of benzene rings is 1. The number of nitro groups is 1. The summed E-state index contributed by atoms with van der Waals surface area (Å²) in [5.74, 6) is -0.670. The molecular weight excluding hydrogens is 241 g/mol. The largest absolute Gasteiger partial charge is 0.490 e. The monoisotopic (exact) mass is 257 g/mol. The molecule has 0 saturated carbocycles. The van der Waals surface area contributed by atoms with Gasteiger partial charge in [-0.3, -0.25) is 10.1 Å². The molecule has 0 bridgehead atoms. The number of ether oxygens (including phenoxy) is 1. The van der Waals surface area contributed by atoms with Crippen LogP contribution in [-0.2, 0) is 0 Å². The van der Waals surface area contributed by atoms with Crippen molar-refractivity contribution in [2.45, 2.75) is 19.4 Å². The Labute approximate surface area is 104 Å². The van der Waals surface area contributed by atoms with Gasteiger partial charge >= 0.3 is 5.69 Å². The summed E-state index contributed by atoms with van der Waals surface area (Å²) in [7, 11) is 1.30. The summed E-state index contributed by atoms with van der Waals surface area (Å²) in [5.41, 5.74) is 5.34. The molecular formula is C11H16FN3O3. The maximum atomic E-state index is 13.6. The average Bonchev–Trinajstić information content (AvgIpc) is 2.30. The van der Waals surface area contributed by atoms with Gasteiger partial charge < -0.3 is 15.8 Å². The lowest BCUT2D eigenvalue weighted by Gasteiger charge is -2.11. The van der Waals surface area contributed by atoms with Gasteiger partial charge in [0.15, 0.2) is 11.6 Å². The fraction of sp³-hybridized carbons (Fsp3) is 0.455. The van der Waals surface area contributed by atoms with Gasteiger partial charge in [-0.1, -0.05) is 0 Å². The molecule has 6 nitrogen and oxygen atoms in total. The second kappa shape index (κ2) is 6.15.